The van der Waals surface area contributed by atoms with Crippen LogP contribution in [0.5, 0.6) is 0 Å². The summed E-state index contributed by atoms with van der Waals surface area (Å²) in [5.74, 6) is -0.647. The lowest BCUT2D eigenvalue weighted by atomic mass is 9.98. The number of aromatic nitrogens is 2. The van der Waals surface area contributed by atoms with E-state index < -0.39 is 0 Å². The molecule has 0 aliphatic heterocycles. The van der Waals surface area contributed by atoms with Crippen LogP contribution in [0.3, 0.4) is 0 Å². The molecule has 0 unspecified atom stereocenters. The molecule has 0 fully saturated rings. The highest BCUT2D eigenvalue weighted by molar-refractivity contribution is 9.10. The van der Waals surface area contributed by atoms with Gasteiger partial charge in [0.1, 0.15) is 5.82 Å². The molecule has 3 aromatic carbocycles. The van der Waals surface area contributed by atoms with Crippen molar-refractivity contribution in [2.45, 2.75) is 13.1 Å². The summed E-state index contributed by atoms with van der Waals surface area (Å²) in [6.45, 7) is 1.09. The van der Waals surface area contributed by atoms with Gasteiger partial charge in [-0.1, -0.05) is 48.5 Å². The van der Waals surface area contributed by atoms with Crippen LogP contribution in [0.25, 0.3) is 11.1 Å². The van der Waals surface area contributed by atoms with E-state index in [1.807, 2.05) is 41.2 Å². The van der Waals surface area contributed by atoms with Crippen LogP contribution in [0.2, 0.25) is 0 Å². The standard InChI is InChI=1S/C24H19BrFN3O/c25-23-14-20(26)10-11-22(23)24(30)27-15-19-4-1-2-5-21(19)18-8-6-17(7-9-18)16-29-13-3-12-28-29/h1-14H,15-16H2,(H,27,30). The summed E-state index contributed by atoms with van der Waals surface area (Å²) in [4.78, 5) is 12.5. The maximum Gasteiger partial charge on any atom is 0.252 e. The average Bonchev–Trinajstić information content (AvgIpc) is 3.26. The first-order valence-electron chi connectivity index (χ1n) is 9.48. The van der Waals surface area contributed by atoms with Crippen molar-refractivity contribution in [2.75, 3.05) is 0 Å². The van der Waals surface area contributed by atoms with Crippen LogP contribution >= 0.6 is 15.9 Å². The summed E-state index contributed by atoms with van der Waals surface area (Å²) in [6, 6.07) is 22.2. The van der Waals surface area contributed by atoms with Gasteiger partial charge in [-0.2, -0.15) is 5.10 Å². The van der Waals surface area contributed by atoms with Crippen LogP contribution < -0.4 is 5.32 Å². The summed E-state index contributed by atoms with van der Waals surface area (Å²) in [6.07, 6.45) is 3.70. The number of amides is 1. The monoisotopic (exact) mass is 463 g/mol. The van der Waals surface area contributed by atoms with Crippen molar-refractivity contribution in [3.05, 3.63) is 112 Å². The van der Waals surface area contributed by atoms with Crippen molar-refractivity contribution >= 4 is 21.8 Å². The largest absolute Gasteiger partial charge is 0.348 e. The Morgan fingerprint density at radius 3 is 2.57 bits per heavy atom. The molecule has 0 atom stereocenters. The van der Waals surface area contributed by atoms with Crippen molar-refractivity contribution in [3.63, 3.8) is 0 Å². The highest BCUT2D eigenvalue weighted by Crippen LogP contribution is 2.25. The maximum absolute atomic E-state index is 13.3. The van der Waals surface area contributed by atoms with E-state index in [9.17, 15) is 9.18 Å². The van der Waals surface area contributed by atoms with Gasteiger partial charge in [-0.3, -0.25) is 9.48 Å². The van der Waals surface area contributed by atoms with Crippen molar-refractivity contribution in [3.8, 4) is 11.1 Å². The van der Waals surface area contributed by atoms with E-state index in [2.05, 4.69) is 50.6 Å². The van der Waals surface area contributed by atoms with Crippen molar-refractivity contribution in [1.82, 2.24) is 15.1 Å². The van der Waals surface area contributed by atoms with Crippen molar-refractivity contribution in [1.29, 1.82) is 0 Å². The Morgan fingerprint density at radius 2 is 1.83 bits per heavy atom. The lowest BCUT2D eigenvalue weighted by molar-refractivity contribution is 0.0950. The average molecular weight is 464 g/mol. The van der Waals surface area contributed by atoms with Crippen LogP contribution in [-0.2, 0) is 13.1 Å². The SMILES string of the molecule is O=C(NCc1ccccc1-c1ccc(Cn2cccn2)cc1)c1ccc(F)cc1Br. The minimum Gasteiger partial charge on any atom is -0.348 e. The molecule has 1 amide bonds. The van der Waals surface area contributed by atoms with E-state index in [1.165, 1.54) is 18.2 Å². The summed E-state index contributed by atoms with van der Waals surface area (Å²) < 4.78 is 15.6. The van der Waals surface area contributed by atoms with Crippen LogP contribution in [0.1, 0.15) is 21.5 Å². The molecule has 4 rings (SSSR count). The third-order valence-electron chi connectivity index (χ3n) is 4.80. The number of benzene rings is 3. The zero-order valence-corrected chi connectivity index (χ0v) is 17.6. The Hall–Kier alpha value is -3.25. The zero-order chi connectivity index (χ0) is 20.9. The van der Waals surface area contributed by atoms with Gasteiger partial charge in [0.15, 0.2) is 0 Å². The highest BCUT2D eigenvalue weighted by atomic mass is 79.9. The smallest absolute Gasteiger partial charge is 0.252 e. The Labute approximate surface area is 182 Å². The first-order chi connectivity index (χ1) is 14.6. The van der Waals surface area contributed by atoms with E-state index >= 15 is 0 Å². The third kappa shape index (κ3) is 4.66. The second-order valence-electron chi connectivity index (χ2n) is 6.86. The molecule has 4 aromatic rings. The maximum atomic E-state index is 13.3. The quantitative estimate of drug-likeness (QED) is 0.414. The number of hydrogen-bond acceptors (Lipinski definition) is 2. The molecule has 0 aliphatic rings. The molecule has 1 N–H and O–H groups in total. The number of halogens is 2. The minimum absolute atomic E-state index is 0.258. The molecule has 0 saturated carbocycles. The van der Waals surface area contributed by atoms with Gasteiger partial charge in [0.25, 0.3) is 5.91 Å². The lowest BCUT2D eigenvalue weighted by Crippen LogP contribution is -2.23. The molecule has 1 aromatic heterocycles. The van der Waals surface area contributed by atoms with Gasteiger partial charge in [0, 0.05) is 23.4 Å². The fourth-order valence-corrected chi connectivity index (χ4v) is 3.80. The predicted molar refractivity (Wildman–Crippen MR) is 118 cm³/mol. The van der Waals surface area contributed by atoms with Gasteiger partial charge in [-0.05, 0) is 62.4 Å². The molecule has 150 valence electrons. The number of carbonyl (C=O) groups is 1. The Morgan fingerprint density at radius 1 is 1.03 bits per heavy atom. The van der Waals surface area contributed by atoms with Gasteiger partial charge in [0.2, 0.25) is 0 Å². The predicted octanol–water partition coefficient (Wildman–Crippen LogP) is 5.43. The molecule has 0 saturated heterocycles. The number of nitrogens with zero attached hydrogens (tertiary/aromatic N) is 2. The molecular weight excluding hydrogens is 445 g/mol. The lowest BCUT2D eigenvalue weighted by Gasteiger charge is -2.12. The summed E-state index contributed by atoms with van der Waals surface area (Å²) in [7, 11) is 0. The number of carbonyl (C=O) groups excluding carboxylic acids is 1. The Bertz CT molecular complexity index is 1160. The molecule has 0 radical (unpaired) electrons. The summed E-state index contributed by atoms with van der Waals surface area (Å²) in [5.41, 5.74) is 4.70. The number of hydrogen-bond donors (Lipinski definition) is 1. The van der Waals surface area contributed by atoms with E-state index in [0.29, 0.717) is 16.6 Å². The summed E-state index contributed by atoms with van der Waals surface area (Å²) in [5, 5.41) is 7.16. The number of rotatable bonds is 6. The van der Waals surface area contributed by atoms with Crippen LogP contribution in [0, 0.1) is 5.82 Å². The molecule has 0 spiro atoms. The van der Waals surface area contributed by atoms with E-state index in [1.54, 1.807) is 6.20 Å². The third-order valence-corrected chi connectivity index (χ3v) is 5.46. The van der Waals surface area contributed by atoms with E-state index in [-0.39, 0.29) is 11.7 Å². The fourth-order valence-electron chi connectivity index (χ4n) is 3.27. The van der Waals surface area contributed by atoms with E-state index in [4.69, 9.17) is 0 Å². The fraction of sp³-hybridized carbons (Fsp3) is 0.0833. The Kier molecular flexibility index (Phi) is 6.05. The summed E-state index contributed by atoms with van der Waals surface area (Å²) >= 11 is 3.25. The topological polar surface area (TPSA) is 46.9 Å². The van der Waals surface area contributed by atoms with Crippen LogP contribution in [0.4, 0.5) is 4.39 Å². The molecular formula is C24H19BrFN3O. The first-order valence-corrected chi connectivity index (χ1v) is 10.3. The van der Waals surface area contributed by atoms with Gasteiger partial charge >= 0.3 is 0 Å². The van der Waals surface area contributed by atoms with Crippen LogP contribution in [0.15, 0.2) is 89.7 Å². The van der Waals surface area contributed by atoms with Gasteiger partial charge in [-0.25, -0.2) is 4.39 Å². The second-order valence-corrected chi connectivity index (χ2v) is 7.72. The number of nitrogens with one attached hydrogen (secondary N) is 1. The molecule has 0 aliphatic carbocycles. The first kappa shape index (κ1) is 20.0. The normalized spacial score (nSPS) is 10.7. The molecule has 6 heteroatoms. The molecule has 1 heterocycles. The van der Waals surface area contributed by atoms with E-state index in [0.717, 1.165) is 28.8 Å². The highest BCUT2D eigenvalue weighted by Gasteiger charge is 2.12. The minimum atomic E-state index is -0.389. The molecule has 0 bridgehead atoms. The van der Waals surface area contributed by atoms with Crippen molar-refractivity contribution in [2.24, 2.45) is 0 Å². The van der Waals surface area contributed by atoms with Crippen LogP contribution in [-0.4, -0.2) is 15.7 Å². The van der Waals surface area contributed by atoms with Gasteiger partial charge in [-0.15, -0.1) is 0 Å². The van der Waals surface area contributed by atoms with Gasteiger partial charge in [0.05, 0.1) is 12.1 Å². The molecule has 4 nitrogen and oxygen atoms in total. The Balaban J connectivity index is 1.49. The molecule has 30 heavy (non-hydrogen) atoms. The van der Waals surface area contributed by atoms with Crippen molar-refractivity contribution < 1.29 is 9.18 Å². The zero-order valence-electron chi connectivity index (χ0n) is 16.1. The second kappa shape index (κ2) is 9.05. The van der Waals surface area contributed by atoms with Gasteiger partial charge < -0.3 is 5.32 Å².